The molecular weight excluding hydrogens is 539 g/mol. The van der Waals surface area contributed by atoms with E-state index in [1.165, 1.54) is 82.2 Å². The number of benzene rings is 1. The number of aromatic nitrogens is 3. The number of esters is 1. The summed E-state index contributed by atoms with van der Waals surface area (Å²) in [5.41, 5.74) is 3.55. The van der Waals surface area contributed by atoms with Crippen molar-refractivity contribution in [2.75, 3.05) is 12.4 Å². The molecule has 0 unspecified atom stereocenters. The van der Waals surface area contributed by atoms with Gasteiger partial charge in [-0.3, -0.25) is 0 Å². The molecule has 0 spiro atoms. The Bertz CT molecular complexity index is 1270. The number of ether oxygens (including phenoxy) is 1. The molecule has 0 saturated heterocycles. The zero-order valence-electron chi connectivity index (χ0n) is 22.6. The van der Waals surface area contributed by atoms with Gasteiger partial charge in [-0.1, -0.05) is 0 Å². The van der Waals surface area contributed by atoms with Crippen LogP contribution < -0.4 is 5.32 Å². The number of hydrogen-bond donors (Lipinski definition) is 1. The van der Waals surface area contributed by atoms with Crippen molar-refractivity contribution < 1.29 is 9.53 Å². The SMILES string of the molecule is C=C/C=C(\c1cnc(NC2CCCCCC2)[se]1)c1nc2cc(C(=O)OC)ccc2n1C1CCCCCCC1. The molecule has 2 saturated carbocycles. The van der Waals surface area contributed by atoms with Gasteiger partial charge in [-0.25, -0.2) is 0 Å². The summed E-state index contributed by atoms with van der Waals surface area (Å²) in [5.74, 6) is 0.631. The van der Waals surface area contributed by atoms with Crippen molar-refractivity contribution in [2.45, 2.75) is 95.6 Å². The first-order valence-corrected chi connectivity index (χ1v) is 16.1. The Balaban J connectivity index is 1.55. The number of hydrogen-bond acceptors (Lipinski definition) is 5. The molecule has 0 amide bonds. The van der Waals surface area contributed by atoms with Crippen LogP contribution in [0.4, 0.5) is 4.69 Å². The van der Waals surface area contributed by atoms with Crippen LogP contribution in [0.1, 0.15) is 110 Å². The van der Waals surface area contributed by atoms with Crippen LogP contribution in [-0.4, -0.2) is 48.2 Å². The number of anilines is 1. The summed E-state index contributed by atoms with van der Waals surface area (Å²) in [6.45, 7) is 4.04. The molecule has 2 heterocycles. The monoisotopic (exact) mass is 580 g/mol. The summed E-state index contributed by atoms with van der Waals surface area (Å²) in [5, 5.41) is 3.78. The molecule has 2 aliphatic rings. The van der Waals surface area contributed by atoms with E-state index in [2.05, 4.69) is 22.5 Å². The number of fused-ring (bicyclic) bond motifs is 1. The molecule has 202 valence electrons. The van der Waals surface area contributed by atoms with E-state index in [0.717, 1.165) is 40.0 Å². The van der Waals surface area contributed by atoms with Gasteiger partial charge in [0.15, 0.2) is 0 Å². The van der Waals surface area contributed by atoms with E-state index in [-0.39, 0.29) is 20.5 Å². The first-order valence-electron chi connectivity index (χ1n) is 14.3. The first-order chi connectivity index (χ1) is 18.7. The molecule has 2 aromatic heterocycles. The van der Waals surface area contributed by atoms with E-state index >= 15 is 0 Å². The maximum atomic E-state index is 12.3. The van der Waals surface area contributed by atoms with Crippen molar-refractivity contribution in [1.82, 2.24) is 14.5 Å². The van der Waals surface area contributed by atoms with Gasteiger partial charge in [0.25, 0.3) is 0 Å². The van der Waals surface area contributed by atoms with Crippen LogP contribution >= 0.6 is 0 Å². The van der Waals surface area contributed by atoms with Gasteiger partial charge in [-0.15, -0.1) is 0 Å². The standard InChI is InChI=1S/C31H40N4O2Se/c1-3-13-25(28-21-32-31(38-28)33-23-14-9-7-8-10-15-23)29-34-26-20-22(30(36)37-2)18-19-27(26)35(29)24-16-11-5-4-6-12-17-24/h3,13,18-21,23-24H,1,4-12,14-17H2,2H3,(H,32,33)/b25-13+. The molecule has 2 aliphatic carbocycles. The van der Waals surface area contributed by atoms with Gasteiger partial charge in [-0.2, -0.15) is 0 Å². The molecule has 1 N–H and O–H groups in total. The topological polar surface area (TPSA) is 69.0 Å². The molecule has 7 heteroatoms. The van der Waals surface area contributed by atoms with Crippen molar-refractivity contribution in [3.05, 3.63) is 59.0 Å². The zero-order valence-corrected chi connectivity index (χ0v) is 24.3. The Labute approximate surface area is 232 Å². The normalized spacial score (nSPS) is 18.5. The second-order valence-electron chi connectivity index (χ2n) is 10.7. The van der Waals surface area contributed by atoms with Crippen molar-refractivity contribution in [3.8, 4) is 0 Å². The van der Waals surface area contributed by atoms with Gasteiger partial charge >= 0.3 is 233 Å². The van der Waals surface area contributed by atoms with Gasteiger partial charge in [-0.05, 0) is 0 Å². The quantitative estimate of drug-likeness (QED) is 0.138. The zero-order chi connectivity index (χ0) is 26.3. The predicted octanol–water partition coefficient (Wildman–Crippen LogP) is 7.31. The molecule has 0 atom stereocenters. The van der Waals surface area contributed by atoms with E-state index in [1.54, 1.807) is 0 Å². The molecule has 5 rings (SSSR count). The van der Waals surface area contributed by atoms with E-state index < -0.39 is 0 Å². The van der Waals surface area contributed by atoms with Gasteiger partial charge in [0.2, 0.25) is 0 Å². The van der Waals surface area contributed by atoms with Gasteiger partial charge in [0.05, 0.1) is 0 Å². The fourth-order valence-corrected chi connectivity index (χ4v) is 7.96. The Morgan fingerprint density at radius 3 is 2.42 bits per heavy atom. The van der Waals surface area contributed by atoms with Crippen LogP contribution in [0.5, 0.6) is 0 Å². The Morgan fingerprint density at radius 2 is 1.74 bits per heavy atom. The minimum absolute atomic E-state index is 0.0855. The number of nitrogens with zero attached hydrogens (tertiary/aromatic N) is 3. The second-order valence-corrected chi connectivity index (χ2v) is 12.8. The predicted molar refractivity (Wildman–Crippen MR) is 156 cm³/mol. The third kappa shape index (κ3) is 6.16. The molecule has 0 bridgehead atoms. The van der Waals surface area contributed by atoms with Gasteiger partial charge < -0.3 is 0 Å². The van der Waals surface area contributed by atoms with E-state index in [1.807, 2.05) is 30.5 Å². The van der Waals surface area contributed by atoms with Crippen molar-refractivity contribution >= 4 is 41.8 Å². The molecule has 3 aromatic rings. The number of carbonyl (C=O) groups excluding carboxylic acids is 1. The van der Waals surface area contributed by atoms with Crippen molar-refractivity contribution in [1.29, 1.82) is 0 Å². The molecule has 2 fully saturated rings. The minimum atomic E-state index is -0.333. The van der Waals surface area contributed by atoms with Crippen LogP contribution in [0, 0.1) is 0 Å². The second kappa shape index (κ2) is 12.9. The molecule has 38 heavy (non-hydrogen) atoms. The molecule has 0 aliphatic heterocycles. The third-order valence-corrected chi connectivity index (χ3v) is 10.0. The van der Waals surface area contributed by atoms with Crippen LogP contribution in [0.2, 0.25) is 0 Å². The number of carbonyl (C=O) groups is 1. The molecule has 6 nitrogen and oxygen atoms in total. The summed E-state index contributed by atoms with van der Waals surface area (Å²) in [6.07, 6.45) is 22.4. The number of allylic oxidation sites excluding steroid dienone is 2. The van der Waals surface area contributed by atoms with Crippen LogP contribution in [0.25, 0.3) is 16.6 Å². The fourth-order valence-electron chi connectivity index (χ4n) is 6.04. The fraction of sp³-hybridized carbons (Fsp3) is 0.516. The third-order valence-electron chi connectivity index (χ3n) is 8.03. The van der Waals surface area contributed by atoms with Crippen LogP contribution in [-0.2, 0) is 4.74 Å². The van der Waals surface area contributed by atoms with E-state index in [0.29, 0.717) is 17.6 Å². The van der Waals surface area contributed by atoms with Gasteiger partial charge in [0, 0.05) is 0 Å². The van der Waals surface area contributed by atoms with Crippen LogP contribution in [0.3, 0.4) is 0 Å². The number of nitrogens with one attached hydrogen (secondary N) is 1. The summed E-state index contributed by atoms with van der Waals surface area (Å²) in [4.78, 5) is 22.3. The first kappa shape index (κ1) is 27.0. The molecule has 1 aromatic carbocycles. The van der Waals surface area contributed by atoms with Crippen molar-refractivity contribution in [3.63, 3.8) is 0 Å². The van der Waals surface area contributed by atoms with E-state index in [9.17, 15) is 4.79 Å². The number of methoxy groups -OCH3 is 1. The summed E-state index contributed by atoms with van der Waals surface area (Å²) in [7, 11) is 1.42. The van der Waals surface area contributed by atoms with Gasteiger partial charge in [0.1, 0.15) is 0 Å². The summed E-state index contributed by atoms with van der Waals surface area (Å²) in [6, 6.07) is 6.71. The maximum absolute atomic E-state index is 12.3. The summed E-state index contributed by atoms with van der Waals surface area (Å²) < 4.78 is 9.79. The summed E-state index contributed by atoms with van der Waals surface area (Å²) >= 11 is 0.0855. The molecule has 0 radical (unpaired) electrons. The average molecular weight is 580 g/mol. The Kier molecular flexibility index (Phi) is 9.18. The van der Waals surface area contributed by atoms with Crippen LogP contribution in [0.15, 0.2) is 43.1 Å². The van der Waals surface area contributed by atoms with Crippen molar-refractivity contribution in [2.24, 2.45) is 0 Å². The average Bonchev–Trinajstić information content (AvgIpc) is 3.43. The molecular formula is C31H40N4O2Se. The Morgan fingerprint density at radius 1 is 1.05 bits per heavy atom. The Hall–Kier alpha value is -2.63. The number of imidazole rings is 1. The number of rotatable bonds is 7. The van der Waals surface area contributed by atoms with E-state index in [4.69, 9.17) is 14.7 Å².